The standard InChI is InChI=1S/C24H20ClN3O3/c1-31-24(30)18-6-2-3-7-19(18)26-22(29)14-13-20-23(16-9-11-17(25)12-10-16)27-21-8-4-5-15-28(20)21/h2-12,15H,13-14H2,1H3,(H,26,29). The molecule has 0 spiro atoms. The largest absolute Gasteiger partial charge is 0.465 e. The average Bonchev–Trinajstić information content (AvgIpc) is 3.16. The van der Waals surface area contributed by atoms with Gasteiger partial charge in [0.05, 0.1) is 29.7 Å². The molecular weight excluding hydrogens is 414 g/mol. The molecule has 4 aromatic rings. The fourth-order valence-corrected chi connectivity index (χ4v) is 3.58. The number of hydrogen-bond donors (Lipinski definition) is 1. The Balaban J connectivity index is 1.58. The minimum Gasteiger partial charge on any atom is -0.465 e. The third kappa shape index (κ3) is 4.44. The van der Waals surface area contributed by atoms with Gasteiger partial charge in [0.1, 0.15) is 5.65 Å². The van der Waals surface area contributed by atoms with E-state index in [1.807, 2.05) is 53.1 Å². The first-order chi connectivity index (χ1) is 15.1. The lowest BCUT2D eigenvalue weighted by Gasteiger charge is -2.10. The van der Waals surface area contributed by atoms with Gasteiger partial charge in [0, 0.05) is 23.2 Å². The summed E-state index contributed by atoms with van der Waals surface area (Å²) in [5.41, 5.74) is 4.21. The topological polar surface area (TPSA) is 72.7 Å². The summed E-state index contributed by atoms with van der Waals surface area (Å²) in [6.07, 6.45) is 2.62. The zero-order valence-electron chi connectivity index (χ0n) is 16.8. The number of pyridine rings is 1. The van der Waals surface area contributed by atoms with Crippen LogP contribution in [0.4, 0.5) is 5.69 Å². The van der Waals surface area contributed by atoms with Crippen LogP contribution in [0.15, 0.2) is 72.9 Å². The van der Waals surface area contributed by atoms with Crippen LogP contribution in [0.3, 0.4) is 0 Å². The van der Waals surface area contributed by atoms with Crippen molar-refractivity contribution in [3.05, 3.63) is 89.2 Å². The third-order valence-electron chi connectivity index (χ3n) is 4.94. The fraction of sp³-hybridized carbons (Fsp3) is 0.125. The molecule has 4 rings (SSSR count). The zero-order valence-corrected chi connectivity index (χ0v) is 17.6. The average molecular weight is 434 g/mol. The van der Waals surface area contributed by atoms with Crippen molar-refractivity contribution in [3.8, 4) is 11.3 Å². The molecule has 2 aromatic carbocycles. The molecule has 0 saturated heterocycles. The van der Waals surface area contributed by atoms with Crippen molar-refractivity contribution >= 4 is 34.8 Å². The third-order valence-corrected chi connectivity index (χ3v) is 5.19. The molecule has 7 heteroatoms. The molecule has 0 radical (unpaired) electrons. The Bertz CT molecular complexity index is 1250. The number of nitrogens with zero attached hydrogens (tertiary/aromatic N) is 2. The summed E-state index contributed by atoms with van der Waals surface area (Å²) in [5.74, 6) is -0.702. The summed E-state index contributed by atoms with van der Waals surface area (Å²) < 4.78 is 6.77. The number of anilines is 1. The van der Waals surface area contributed by atoms with E-state index >= 15 is 0 Å². The number of para-hydroxylation sites is 1. The van der Waals surface area contributed by atoms with Gasteiger partial charge in [0.15, 0.2) is 0 Å². The lowest BCUT2D eigenvalue weighted by Crippen LogP contribution is -2.16. The highest BCUT2D eigenvalue weighted by Crippen LogP contribution is 2.27. The Labute approximate surface area is 184 Å². The number of methoxy groups -OCH3 is 1. The van der Waals surface area contributed by atoms with Crippen LogP contribution in [0.25, 0.3) is 16.9 Å². The van der Waals surface area contributed by atoms with Crippen LogP contribution in [-0.2, 0) is 16.0 Å². The second kappa shape index (κ2) is 9.02. The number of fused-ring (bicyclic) bond motifs is 1. The van der Waals surface area contributed by atoms with Crippen LogP contribution >= 0.6 is 11.6 Å². The molecule has 0 aliphatic carbocycles. The van der Waals surface area contributed by atoms with Gasteiger partial charge in [-0.15, -0.1) is 0 Å². The van der Waals surface area contributed by atoms with Crippen LogP contribution < -0.4 is 5.32 Å². The minimum absolute atomic E-state index is 0.204. The van der Waals surface area contributed by atoms with Gasteiger partial charge in [0.2, 0.25) is 5.91 Å². The number of esters is 1. The smallest absolute Gasteiger partial charge is 0.339 e. The number of aromatic nitrogens is 2. The minimum atomic E-state index is -0.497. The maximum atomic E-state index is 12.7. The molecule has 0 saturated carbocycles. The molecule has 0 aliphatic heterocycles. The first kappa shape index (κ1) is 20.6. The van der Waals surface area contributed by atoms with Crippen LogP contribution in [0.2, 0.25) is 5.02 Å². The number of aryl methyl sites for hydroxylation is 1. The van der Waals surface area contributed by atoms with Crippen molar-refractivity contribution < 1.29 is 14.3 Å². The van der Waals surface area contributed by atoms with Crippen LogP contribution in [0.5, 0.6) is 0 Å². The van der Waals surface area contributed by atoms with Gasteiger partial charge in [0.25, 0.3) is 0 Å². The van der Waals surface area contributed by atoms with Crippen molar-refractivity contribution in [2.45, 2.75) is 12.8 Å². The Kier molecular flexibility index (Phi) is 6.00. The second-order valence-corrected chi connectivity index (χ2v) is 7.36. The highest BCUT2D eigenvalue weighted by atomic mass is 35.5. The van der Waals surface area contributed by atoms with Crippen molar-refractivity contribution in [1.29, 1.82) is 0 Å². The summed E-state index contributed by atoms with van der Waals surface area (Å²) in [6, 6.07) is 20.0. The van der Waals surface area contributed by atoms with Crippen molar-refractivity contribution in [1.82, 2.24) is 9.38 Å². The Morgan fingerprint density at radius 3 is 2.55 bits per heavy atom. The molecule has 2 aromatic heterocycles. The normalized spacial score (nSPS) is 10.8. The molecule has 0 aliphatic rings. The quantitative estimate of drug-likeness (QED) is 0.434. The maximum Gasteiger partial charge on any atom is 0.339 e. The number of benzene rings is 2. The van der Waals surface area contributed by atoms with Gasteiger partial charge in [-0.25, -0.2) is 9.78 Å². The van der Waals surface area contributed by atoms with E-state index in [1.54, 1.807) is 24.3 Å². The number of hydrogen-bond acceptors (Lipinski definition) is 4. The number of carbonyl (C=O) groups excluding carboxylic acids is 2. The number of imidazole rings is 1. The number of ether oxygens (including phenoxy) is 1. The summed E-state index contributed by atoms with van der Waals surface area (Å²) in [7, 11) is 1.31. The lowest BCUT2D eigenvalue weighted by molar-refractivity contribution is -0.116. The maximum absolute atomic E-state index is 12.7. The molecule has 1 N–H and O–H groups in total. The Morgan fingerprint density at radius 2 is 1.77 bits per heavy atom. The van der Waals surface area contributed by atoms with Gasteiger partial charge in [-0.05, 0) is 42.8 Å². The number of nitrogens with one attached hydrogen (secondary N) is 1. The summed E-state index contributed by atoms with van der Waals surface area (Å²) in [5, 5.41) is 3.47. The molecule has 31 heavy (non-hydrogen) atoms. The van der Waals surface area contributed by atoms with E-state index in [9.17, 15) is 9.59 Å². The van der Waals surface area contributed by atoms with Gasteiger partial charge >= 0.3 is 5.97 Å². The predicted octanol–water partition coefficient (Wildman–Crippen LogP) is 5.01. The molecule has 0 atom stereocenters. The SMILES string of the molecule is COC(=O)c1ccccc1NC(=O)CCc1c(-c2ccc(Cl)cc2)nc2ccccn12. The Hall–Kier alpha value is -3.64. The molecule has 156 valence electrons. The number of halogens is 1. The van der Waals surface area contributed by atoms with E-state index in [1.165, 1.54) is 7.11 Å². The van der Waals surface area contributed by atoms with Gasteiger partial charge in [-0.2, -0.15) is 0 Å². The number of rotatable bonds is 6. The van der Waals surface area contributed by atoms with Gasteiger partial charge in [-0.1, -0.05) is 41.9 Å². The first-order valence-electron chi connectivity index (χ1n) is 9.76. The van der Waals surface area contributed by atoms with E-state index in [4.69, 9.17) is 21.3 Å². The van der Waals surface area contributed by atoms with Crippen molar-refractivity contribution in [3.63, 3.8) is 0 Å². The highest BCUT2D eigenvalue weighted by Gasteiger charge is 2.17. The first-order valence-corrected chi connectivity index (χ1v) is 10.1. The monoisotopic (exact) mass is 433 g/mol. The number of carbonyl (C=O) groups is 2. The summed E-state index contributed by atoms with van der Waals surface area (Å²) >= 11 is 6.03. The molecule has 0 unspecified atom stereocenters. The van der Waals surface area contributed by atoms with E-state index in [2.05, 4.69) is 5.32 Å². The fourth-order valence-electron chi connectivity index (χ4n) is 3.45. The molecule has 0 fully saturated rings. The van der Waals surface area contributed by atoms with Crippen molar-refractivity contribution in [2.24, 2.45) is 0 Å². The van der Waals surface area contributed by atoms with Crippen LogP contribution in [-0.4, -0.2) is 28.4 Å². The Morgan fingerprint density at radius 1 is 1.03 bits per heavy atom. The molecule has 1 amide bonds. The van der Waals surface area contributed by atoms with E-state index in [0.29, 0.717) is 22.7 Å². The van der Waals surface area contributed by atoms with Crippen LogP contribution in [0, 0.1) is 0 Å². The van der Waals surface area contributed by atoms with E-state index < -0.39 is 5.97 Å². The number of amides is 1. The lowest BCUT2D eigenvalue weighted by atomic mass is 10.1. The van der Waals surface area contributed by atoms with Gasteiger partial charge in [-0.3, -0.25) is 4.79 Å². The molecule has 6 nitrogen and oxygen atoms in total. The second-order valence-electron chi connectivity index (χ2n) is 6.93. The highest BCUT2D eigenvalue weighted by molar-refractivity contribution is 6.30. The molecular formula is C24H20ClN3O3. The predicted molar refractivity (Wildman–Crippen MR) is 120 cm³/mol. The van der Waals surface area contributed by atoms with Crippen molar-refractivity contribution in [2.75, 3.05) is 12.4 Å². The zero-order chi connectivity index (χ0) is 21.8. The van der Waals surface area contributed by atoms with E-state index in [0.717, 1.165) is 22.6 Å². The van der Waals surface area contributed by atoms with Gasteiger partial charge < -0.3 is 14.5 Å². The molecule has 0 bridgehead atoms. The van der Waals surface area contributed by atoms with E-state index in [-0.39, 0.29) is 12.3 Å². The van der Waals surface area contributed by atoms with Crippen LogP contribution in [0.1, 0.15) is 22.5 Å². The summed E-state index contributed by atoms with van der Waals surface area (Å²) in [6.45, 7) is 0. The molecule has 2 heterocycles. The summed E-state index contributed by atoms with van der Waals surface area (Å²) in [4.78, 5) is 29.4.